The lowest BCUT2D eigenvalue weighted by molar-refractivity contribution is 0.220. The van der Waals surface area contributed by atoms with Crippen LogP contribution in [0.4, 0.5) is 14.9 Å². The maximum atomic E-state index is 12.8. The summed E-state index contributed by atoms with van der Waals surface area (Å²) in [6.45, 7) is 0.449. The maximum Gasteiger partial charge on any atom is 0.321 e. The number of nitrogens with zero attached hydrogens (tertiary/aromatic N) is 1. The molecule has 4 nitrogen and oxygen atoms in total. The van der Waals surface area contributed by atoms with E-state index >= 15 is 0 Å². The lowest BCUT2D eigenvalue weighted by Crippen LogP contribution is -2.30. The summed E-state index contributed by atoms with van der Waals surface area (Å²) in [5.41, 5.74) is 1.52. The Morgan fingerprint density at radius 3 is 2.62 bits per heavy atom. The Hall–Kier alpha value is -2.56. The van der Waals surface area contributed by atoms with E-state index in [-0.39, 0.29) is 11.8 Å². The second-order valence-corrected chi connectivity index (χ2v) is 4.64. The topological polar surface area (TPSA) is 41.6 Å². The first kappa shape index (κ1) is 14.8. The number of rotatable bonds is 4. The van der Waals surface area contributed by atoms with E-state index in [0.717, 1.165) is 11.3 Å². The van der Waals surface area contributed by atoms with Gasteiger partial charge < -0.3 is 15.0 Å². The molecule has 2 amide bonds. The molecule has 0 aliphatic carbocycles. The van der Waals surface area contributed by atoms with Gasteiger partial charge in [0.05, 0.1) is 7.11 Å². The molecule has 2 aromatic carbocycles. The zero-order chi connectivity index (χ0) is 15.2. The smallest absolute Gasteiger partial charge is 0.321 e. The first-order valence-electron chi connectivity index (χ1n) is 6.49. The molecule has 2 aromatic rings. The molecule has 0 bridgehead atoms. The van der Waals surface area contributed by atoms with Gasteiger partial charge in [-0.15, -0.1) is 0 Å². The van der Waals surface area contributed by atoms with Gasteiger partial charge in [0.1, 0.15) is 11.6 Å². The zero-order valence-electron chi connectivity index (χ0n) is 12.0. The zero-order valence-corrected chi connectivity index (χ0v) is 12.0. The van der Waals surface area contributed by atoms with E-state index in [0.29, 0.717) is 12.2 Å². The number of nitrogens with one attached hydrogen (secondary N) is 1. The molecule has 0 spiro atoms. The summed E-state index contributed by atoms with van der Waals surface area (Å²) >= 11 is 0. The van der Waals surface area contributed by atoms with Crippen LogP contribution in [0.25, 0.3) is 0 Å². The van der Waals surface area contributed by atoms with Crippen molar-refractivity contribution in [2.24, 2.45) is 0 Å². The molecule has 0 unspecified atom stereocenters. The Labute approximate surface area is 123 Å². The molecular weight excluding hydrogens is 271 g/mol. The molecule has 110 valence electrons. The second kappa shape index (κ2) is 6.74. The number of urea groups is 1. The number of ether oxygens (including phenoxy) is 1. The van der Waals surface area contributed by atoms with Crippen LogP contribution in [0.15, 0.2) is 48.5 Å². The highest BCUT2D eigenvalue weighted by molar-refractivity contribution is 5.89. The van der Waals surface area contributed by atoms with Crippen LogP contribution in [0.2, 0.25) is 0 Å². The number of carbonyl (C=O) groups excluding carboxylic acids is 1. The quantitative estimate of drug-likeness (QED) is 0.935. The molecule has 2 rings (SSSR count). The summed E-state index contributed by atoms with van der Waals surface area (Å²) in [5.74, 6) is 0.414. The normalized spacial score (nSPS) is 10.0. The van der Waals surface area contributed by atoms with E-state index in [4.69, 9.17) is 4.74 Å². The highest BCUT2D eigenvalue weighted by Gasteiger charge is 2.09. The summed E-state index contributed by atoms with van der Waals surface area (Å²) in [7, 11) is 3.29. The van der Waals surface area contributed by atoms with Crippen molar-refractivity contribution in [3.8, 4) is 5.75 Å². The molecule has 0 aliphatic heterocycles. The number of methoxy groups -OCH3 is 1. The number of hydrogen-bond acceptors (Lipinski definition) is 2. The van der Waals surface area contributed by atoms with Gasteiger partial charge in [0.25, 0.3) is 0 Å². The largest absolute Gasteiger partial charge is 0.497 e. The first-order chi connectivity index (χ1) is 10.1. The summed E-state index contributed by atoms with van der Waals surface area (Å²) in [6, 6.07) is 12.9. The van der Waals surface area contributed by atoms with Crippen molar-refractivity contribution in [3.63, 3.8) is 0 Å². The molecular formula is C16H17FN2O2. The third-order valence-electron chi connectivity index (χ3n) is 3.00. The van der Waals surface area contributed by atoms with E-state index in [1.165, 1.54) is 29.2 Å². The molecule has 0 saturated carbocycles. The lowest BCUT2D eigenvalue weighted by atomic mass is 10.2. The fourth-order valence-electron chi connectivity index (χ4n) is 1.87. The highest BCUT2D eigenvalue weighted by atomic mass is 19.1. The third-order valence-corrected chi connectivity index (χ3v) is 3.00. The van der Waals surface area contributed by atoms with Gasteiger partial charge in [0.15, 0.2) is 0 Å². The molecule has 1 N–H and O–H groups in total. The van der Waals surface area contributed by atoms with E-state index in [1.54, 1.807) is 14.2 Å². The van der Waals surface area contributed by atoms with Crippen molar-refractivity contribution in [1.29, 1.82) is 0 Å². The predicted octanol–water partition coefficient (Wildman–Crippen LogP) is 3.50. The van der Waals surface area contributed by atoms with Crippen LogP contribution >= 0.6 is 0 Å². The van der Waals surface area contributed by atoms with E-state index in [2.05, 4.69) is 5.32 Å². The van der Waals surface area contributed by atoms with Gasteiger partial charge >= 0.3 is 6.03 Å². The average Bonchev–Trinajstić information content (AvgIpc) is 2.49. The summed E-state index contributed by atoms with van der Waals surface area (Å²) in [4.78, 5) is 13.6. The van der Waals surface area contributed by atoms with Crippen molar-refractivity contribution < 1.29 is 13.9 Å². The standard InChI is InChI=1S/C16H17FN2O2/c1-19(11-12-4-3-5-15(10-12)21-2)16(20)18-14-8-6-13(17)7-9-14/h3-10H,11H2,1-2H3,(H,18,20). The predicted molar refractivity (Wildman–Crippen MR) is 79.9 cm³/mol. The minimum atomic E-state index is -0.335. The lowest BCUT2D eigenvalue weighted by Gasteiger charge is -2.18. The van der Waals surface area contributed by atoms with Crippen LogP contribution in [0.3, 0.4) is 0 Å². The number of anilines is 1. The van der Waals surface area contributed by atoms with Crippen molar-refractivity contribution in [2.75, 3.05) is 19.5 Å². The number of amides is 2. The summed E-state index contributed by atoms with van der Waals surface area (Å²) < 4.78 is 18.0. The second-order valence-electron chi connectivity index (χ2n) is 4.64. The SMILES string of the molecule is COc1cccc(CN(C)C(=O)Nc2ccc(F)cc2)c1. The van der Waals surface area contributed by atoms with Crippen LogP contribution in [0, 0.1) is 5.82 Å². The van der Waals surface area contributed by atoms with Crippen molar-refractivity contribution >= 4 is 11.7 Å². The molecule has 5 heteroatoms. The van der Waals surface area contributed by atoms with E-state index in [9.17, 15) is 9.18 Å². The third kappa shape index (κ3) is 4.21. The Kier molecular flexibility index (Phi) is 4.77. The minimum absolute atomic E-state index is 0.260. The molecule has 0 saturated heterocycles. The number of hydrogen-bond donors (Lipinski definition) is 1. The van der Waals surface area contributed by atoms with Crippen LogP contribution in [0.1, 0.15) is 5.56 Å². The fraction of sp³-hybridized carbons (Fsp3) is 0.188. The highest BCUT2D eigenvalue weighted by Crippen LogP contribution is 2.15. The molecule has 0 heterocycles. The van der Waals surface area contributed by atoms with Gasteiger partial charge in [-0.05, 0) is 42.0 Å². The van der Waals surface area contributed by atoms with Crippen LogP contribution in [0.5, 0.6) is 5.75 Å². The van der Waals surface area contributed by atoms with Crippen LogP contribution in [-0.2, 0) is 6.54 Å². The van der Waals surface area contributed by atoms with Crippen molar-refractivity contribution in [3.05, 3.63) is 59.9 Å². The molecule has 0 aliphatic rings. The van der Waals surface area contributed by atoms with Crippen LogP contribution in [-0.4, -0.2) is 25.1 Å². The fourth-order valence-corrected chi connectivity index (χ4v) is 1.87. The van der Waals surface area contributed by atoms with Gasteiger partial charge in [-0.1, -0.05) is 12.1 Å². The number of benzene rings is 2. The number of carbonyl (C=O) groups is 1. The van der Waals surface area contributed by atoms with Gasteiger partial charge in [0, 0.05) is 19.3 Å². The van der Waals surface area contributed by atoms with Gasteiger partial charge in [0.2, 0.25) is 0 Å². The molecule has 0 radical (unpaired) electrons. The van der Waals surface area contributed by atoms with Crippen molar-refractivity contribution in [1.82, 2.24) is 4.90 Å². The van der Waals surface area contributed by atoms with Gasteiger partial charge in [-0.3, -0.25) is 0 Å². The van der Waals surface area contributed by atoms with Gasteiger partial charge in [-0.2, -0.15) is 0 Å². The Morgan fingerprint density at radius 2 is 1.95 bits per heavy atom. The Bertz CT molecular complexity index is 614. The molecule has 21 heavy (non-hydrogen) atoms. The maximum absolute atomic E-state index is 12.8. The first-order valence-corrected chi connectivity index (χ1v) is 6.49. The minimum Gasteiger partial charge on any atom is -0.497 e. The average molecular weight is 288 g/mol. The summed E-state index contributed by atoms with van der Waals surface area (Å²) in [6.07, 6.45) is 0. The van der Waals surface area contributed by atoms with E-state index < -0.39 is 0 Å². The summed E-state index contributed by atoms with van der Waals surface area (Å²) in [5, 5.41) is 2.71. The monoisotopic (exact) mass is 288 g/mol. The Morgan fingerprint density at radius 1 is 1.24 bits per heavy atom. The Balaban J connectivity index is 1.97. The van der Waals surface area contributed by atoms with Gasteiger partial charge in [-0.25, -0.2) is 9.18 Å². The van der Waals surface area contributed by atoms with E-state index in [1.807, 2.05) is 24.3 Å². The van der Waals surface area contributed by atoms with Crippen molar-refractivity contribution in [2.45, 2.75) is 6.54 Å². The number of halogens is 1. The molecule has 0 aromatic heterocycles. The molecule has 0 atom stereocenters. The van der Waals surface area contributed by atoms with Crippen LogP contribution < -0.4 is 10.1 Å². The molecule has 0 fully saturated rings.